The highest BCUT2D eigenvalue weighted by Crippen LogP contribution is 2.21. The second-order valence-electron chi connectivity index (χ2n) is 7.40. The summed E-state index contributed by atoms with van der Waals surface area (Å²) >= 11 is 0. The molecule has 0 amide bonds. The van der Waals surface area contributed by atoms with E-state index in [0.29, 0.717) is 11.9 Å². The maximum Gasteiger partial charge on any atom is 0.193 e. The Morgan fingerprint density at radius 2 is 1.88 bits per heavy atom. The van der Waals surface area contributed by atoms with Crippen molar-refractivity contribution in [2.75, 3.05) is 0 Å². The lowest BCUT2D eigenvalue weighted by Crippen LogP contribution is -2.26. The van der Waals surface area contributed by atoms with Crippen molar-refractivity contribution in [1.82, 2.24) is 4.57 Å². The molecule has 0 atom stereocenters. The molecule has 0 spiro atoms. The Hall–Kier alpha value is -2.62. The zero-order chi connectivity index (χ0) is 17.9. The van der Waals surface area contributed by atoms with E-state index in [2.05, 4.69) is 71.2 Å². The summed E-state index contributed by atoms with van der Waals surface area (Å²) in [4.78, 5) is 4.75. The van der Waals surface area contributed by atoms with Crippen LogP contribution in [0.2, 0.25) is 0 Å². The summed E-state index contributed by atoms with van der Waals surface area (Å²) in [5.74, 6) is 0.682. The number of aryl methyl sites for hydroxylation is 1. The molecule has 1 saturated carbocycles. The summed E-state index contributed by atoms with van der Waals surface area (Å²) in [6.07, 6.45) is 12.7. The van der Waals surface area contributed by atoms with Gasteiger partial charge < -0.3 is 10.3 Å². The zero-order valence-electron chi connectivity index (χ0n) is 15.4. The number of aliphatic imine (C=N–C) groups is 1. The lowest BCUT2D eigenvalue weighted by atomic mass is 9.96. The van der Waals surface area contributed by atoms with E-state index in [1.54, 1.807) is 0 Å². The second-order valence-corrected chi connectivity index (χ2v) is 7.40. The normalized spacial score (nSPS) is 16.3. The number of pyridine rings is 1. The largest absolute Gasteiger partial charge is 0.383 e. The number of fused-ring (bicyclic) bond motifs is 1. The van der Waals surface area contributed by atoms with E-state index in [0.717, 1.165) is 12.1 Å². The number of hydrogen-bond donors (Lipinski definition) is 1. The van der Waals surface area contributed by atoms with Gasteiger partial charge in [-0.25, -0.2) is 4.57 Å². The first-order valence-electron chi connectivity index (χ1n) is 9.56. The van der Waals surface area contributed by atoms with Crippen LogP contribution in [0.25, 0.3) is 10.9 Å². The Labute approximate surface area is 155 Å². The van der Waals surface area contributed by atoms with Gasteiger partial charge in [-0.2, -0.15) is 0 Å². The lowest BCUT2D eigenvalue weighted by molar-refractivity contribution is -0.670. The molecule has 26 heavy (non-hydrogen) atoms. The lowest BCUT2D eigenvalue weighted by Gasteiger charge is -2.18. The van der Waals surface area contributed by atoms with E-state index in [-0.39, 0.29) is 0 Å². The number of amidine groups is 1. The summed E-state index contributed by atoms with van der Waals surface area (Å²) in [5, 5.41) is 1.27. The third-order valence-corrected chi connectivity index (χ3v) is 5.35. The molecule has 4 nitrogen and oxygen atoms in total. The van der Waals surface area contributed by atoms with Crippen LogP contribution >= 0.6 is 0 Å². The fourth-order valence-electron chi connectivity index (χ4n) is 3.82. The molecule has 0 aliphatic heterocycles. The molecule has 4 heteroatoms. The monoisotopic (exact) mass is 347 g/mol. The van der Waals surface area contributed by atoms with E-state index in [1.165, 1.54) is 48.6 Å². The van der Waals surface area contributed by atoms with Crippen molar-refractivity contribution in [2.24, 2.45) is 17.8 Å². The molecular weight excluding hydrogens is 320 g/mol. The molecule has 0 bridgehead atoms. The predicted octanol–water partition coefficient (Wildman–Crippen LogP) is 3.55. The first-order chi connectivity index (χ1) is 12.7. The Balaban J connectivity index is 1.50. The number of nitrogens with zero attached hydrogens (tertiary/aromatic N) is 3. The summed E-state index contributed by atoms with van der Waals surface area (Å²) in [6, 6.07) is 13.2. The first-order valence-corrected chi connectivity index (χ1v) is 9.56. The van der Waals surface area contributed by atoms with Gasteiger partial charge in [0, 0.05) is 29.8 Å². The summed E-state index contributed by atoms with van der Waals surface area (Å²) in [6.45, 7) is 0.855. The molecule has 0 saturated heterocycles. The third-order valence-electron chi connectivity index (χ3n) is 5.35. The molecule has 0 unspecified atom stereocenters. The van der Waals surface area contributed by atoms with Gasteiger partial charge >= 0.3 is 0 Å². The van der Waals surface area contributed by atoms with E-state index in [9.17, 15) is 0 Å². The fraction of sp³-hybridized carbons (Fsp3) is 0.364. The van der Waals surface area contributed by atoms with Crippen molar-refractivity contribution < 1.29 is 4.57 Å². The number of aromatic nitrogens is 2. The summed E-state index contributed by atoms with van der Waals surface area (Å²) in [5.41, 5.74) is 9.79. The molecule has 134 valence electrons. The van der Waals surface area contributed by atoms with Crippen molar-refractivity contribution in [2.45, 2.75) is 44.7 Å². The van der Waals surface area contributed by atoms with Crippen molar-refractivity contribution in [3.63, 3.8) is 0 Å². The van der Waals surface area contributed by atoms with Crippen LogP contribution in [0, 0.1) is 0 Å². The predicted molar refractivity (Wildman–Crippen MR) is 106 cm³/mol. The topological polar surface area (TPSA) is 47.2 Å². The van der Waals surface area contributed by atoms with Gasteiger partial charge in [0.2, 0.25) is 0 Å². The minimum Gasteiger partial charge on any atom is -0.383 e. The van der Waals surface area contributed by atoms with Crippen LogP contribution in [0.15, 0.2) is 60.0 Å². The zero-order valence-corrected chi connectivity index (χ0v) is 15.4. The Bertz CT molecular complexity index is 915. The van der Waals surface area contributed by atoms with Crippen molar-refractivity contribution >= 4 is 16.7 Å². The molecule has 1 aliphatic carbocycles. The second kappa shape index (κ2) is 7.32. The van der Waals surface area contributed by atoms with Gasteiger partial charge in [-0.1, -0.05) is 43.5 Å². The van der Waals surface area contributed by atoms with E-state index >= 15 is 0 Å². The molecule has 1 aromatic carbocycles. The standard InChI is InChI=1S/C22H27N4/c1-25-13-11-18-12-14-26(21(18)16-25)15-17-7-9-19(10-8-17)22(23)24-20-5-3-2-4-6-20/h7-14,16,20H,2-6,15H2,1H3,(H2,23,24)/q+1. The number of rotatable bonds is 4. The van der Waals surface area contributed by atoms with Crippen molar-refractivity contribution in [3.05, 3.63) is 66.1 Å². The number of benzene rings is 1. The molecule has 3 aromatic rings. The van der Waals surface area contributed by atoms with Crippen LogP contribution in [0.5, 0.6) is 0 Å². The highest BCUT2D eigenvalue weighted by atomic mass is 15.0. The van der Waals surface area contributed by atoms with Gasteiger partial charge in [-0.3, -0.25) is 4.99 Å². The van der Waals surface area contributed by atoms with Crippen LogP contribution in [-0.2, 0) is 13.6 Å². The van der Waals surface area contributed by atoms with Crippen LogP contribution < -0.4 is 10.3 Å². The van der Waals surface area contributed by atoms with Gasteiger partial charge in [0.25, 0.3) is 0 Å². The van der Waals surface area contributed by atoms with Crippen LogP contribution in [-0.4, -0.2) is 16.4 Å². The average Bonchev–Trinajstić information content (AvgIpc) is 3.05. The highest BCUT2D eigenvalue weighted by molar-refractivity contribution is 5.97. The summed E-state index contributed by atoms with van der Waals surface area (Å²) in [7, 11) is 2.06. The van der Waals surface area contributed by atoms with E-state index in [4.69, 9.17) is 10.7 Å². The van der Waals surface area contributed by atoms with Gasteiger partial charge in [0.05, 0.1) is 6.04 Å². The summed E-state index contributed by atoms with van der Waals surface area (Å²) < 4.78 is 4.37. The van der Waals surface area contributed by atoms with E-state index < -0.39 is 0 Å². The average molecular weight is 347 g/mol. The fourth-order valence-corrected chi connectivity index (χ4v) is 3.82. The van der Waals surface area contributed by atoms with Crippen LogP contribution in [0.1, 0.15) is 43.2 Å². The minimum absolute atomic E-state index is 0.412. The molecular formula is C22H27N4+. The Morgan fingerprint density at radius 3 is 2.65 bits per heavy atom. The van der Waals surface area contributed by atoms with Crippen LogP contribution in [0.3, 0.4) is 0 Å². The molecule has 1 fully saturated rings. The molecule has 0 radical (unpaired) electrons. The van der Waals surface area contributed by atoms with Crippen molar-refractivity contribution in [1.29, 1.82) is 0 Å². The smallest absolute Gasteiger partial charge is 0.193 e. The molecule has 2 aromatic heterocycles. The Morgan fingerprint density at radius 1 is 1.12 bits per heavy atom. The first kappa shape index (κ1) is 16.8. The molecule has 2 N–H and O–H groups in total. The quantitative estimate of drug-likeness (QED) is 0.438. The van der Waals surface area contributed by atoms with Gasteiger partial charge in [0.15, 0.2) is 12.4 Å². The number of nitrogens with two attached hydrogens (primary N) is 1. The maximum atomic E-state index is 6.25. The van der Waals surface area contributed by atoms with Gasteiger partial charge in [-0.05, 0) is 24.5 Å². The molecule has 2 heterocycles. The number of hydrogen-bond acceptors (Lipinski definition) is 1. The Kier molecular flexibility index (Phi) is 4.74. The van der Waals surface area contributed by atoms with Crippen molar-refractivity contribution in [3.8, 4) is 0 Å². The van der Waals surface area contributed by atoms with Crippen LogP contribution in [0.4, 0.5) is 0 Å². The minimum atomic E-state index is 0.412. The van der Waals surface area contributed by atoms with Gasteiger partial charge in [0.1, 0.15) is 18.4 Å². The third kappa shape index (κ3) is 3.64. The van der Waals surface area contributed by atoms with Gasteiger partial charge in [-0.15, -0.1) is 0 Å². The highest BCUT2D eigenvalue weighted by Gasteiger charge is 2.13. The molecule has 4 rings (SSSR count). The SMILES string of the molecule is C[n+]1ccc2ccn(Cc3ccc(C(N)=NC4CCCCC4)cc3)c2c1. The van der Waals surface area contributed by atoms with E-state index in [1.807, 2.05) is 0 Å². The molecule has 1 aliphatic rings. The maximum absolute atomic E-state index is 6.25.